The van der Waals surface area contributed by atoms with Crippen LogP contribution in [0.15, 0.2) is 24.3 Å². The Kier molecular flexibility index (Phi) is 6.52. The number of likely N-dealkylation sites (tertiary alicyclic amines) is 1. The first-order chi connectivity index (χ1) is 10.2. The molecule has 21 heavy (non-hydrogen) atoms. The number of hydrogen-bond donors (Lipinski definition) is 1. The number of β-amino-alcohol motifs (C(OH)–C–C–N with tert-alkyl or cyclic N) is 1. The van der Waals surface area contributed by atoms with Crippen LogP contribution >= 0.6 is 0 Å². The zero-order chi connectivity index (χ0) is 15.1. The number of aliphatic hydroxyl groups is 1. The Morgan fingerprint density at radius 2 is 2.10 bits per heavy atom. The Bertz CT molecular complexity index is 421. The van der Waals surface area contributed by atoms with Gasteiger partial charge >= 0.3 is 0 Å². The summed E-state index contributed by atoms with van der Waals surface area (Å²) in [6.07, 6.45) is 6.03. The third-order valence-corrected chi connectivity index (χ3v) is 4.57. The third kappa shape index (κ3) is 4.72. The molecule has 0 bridgehead atoms. The SMILES string of the molecule is CCCC1CCCN(CC(O)c2ccccc2OC)CC1. The molecule has 2 rings (SSSR count). The zero-order valence-electron chi connectivity index (χ0n) is 13.4. The van der Waals surface area contributed by atoms with Gasteiger partial charge < -0.3 is 14.7 Å². The number of aliphatic hydroxyl groups excluding tert-OH is 1. The Morgan fingerprint density at radius 3 is 2.86 bits per heavy atom. The van der Waals surface area contributed by atoms with E-state index in [0.717, 1.165) is 30.3 Å². The van der Waals surface area contributed by atoms with E-state index in [9.17, 15) is 5.11 Å². The predicted molar refractivity (Wildman–Crippen MR) is 86.6 cm³/mol. The minimum absolute atomic E-state index is 0.469. The fourth-order valence-electron chi connectivity index (χ4n) is 3.39. The van der Waals surface area contributed by atoms with Gasteiger partial charge in [0.25, 0.3) is 0 Å². The maximum Gasteiger partial charge on any atom is 0.124 e. The van der Waals surface area contributed by atoms with Crippen LogP contribution in [0.1, 0.15) is 50.7 Å². The van der Waals surface area contributed by atoms with Crippen molar-refractivity contribution in [2.75, 3.05) is 26.7 Å². The van der Waals surface area contributed by atoms with Gasteiger partial charge in [-0.05, 0) is 44.3 Å². The molecule has 1 aliphatic heterocycles. The molecule has 1 aromatic rings. The van der Waals surface area contributed by atoms with Gasteiger partial charge in [0.05, 0.1) is 13.2 Å². The summed E-state index contributed by atoms with van der Waals surface area (Å²) in [6, 6.07) is 7.77. The van der Waals surface area contributed by atoms with Crippen molar-refractivity contribution in [2.24, 2.45) is 5.92 Å². The van der Waals surface area contributed by atoms with E-state index in [1.807, 2.05) is 24.3 Å². The lowest BCUT2D eigenvalue weighted by Crippen LogP contribution is -2.30. The van der Waals surface area contributed by atoms with Gasteiger partial charge in [-0.2, -0.15) is 0 Å². The van der Waals surface area contributed by atoms with Crippen molar-refractivity contribution in [1.82, 2.24) is 4.90 Å². The van der Waals surface area contributed by atoms with Crippen molar-refractivity contribution in [3.05, 3.63) is 29.8 Å². The van der Waals surface area contributed by atoms with E-state index in [1.165, 1.54) is 32.1 Å². The number of methoxy groups -OCH3 is 1. The summed E-state index contributed by atoms with van der Waals surface area (Å²) in [5.41, 5.74) is 0.898. The number of rotatable bonds is 6. The topological polar surface area (TPSA) is 32.7 Å². The van der Waals surface area contributed by atoms with E-state index in [4.69, 9.17) is 4.74 Å². The first-order valence-electron chi connectivity index (χ1n) is 8.28. The average molecular weight is 291 g/mol. The summed E-state index contributed by atoms with van der Waals surface area (Å²) in [7, 11) is 1.66. The maximum atomic E-state index is 10.5. The molecule has 0 amide bonds. The minimum atomic E-state index is -0.469. The number of benzene rings is 1. The second kappa shape index (κ2) is 8.40. The molecule has 0 aliphatic carbocycles. The van der Waals surface area contributed by atoms with Gasteiger partial charge in [0.1, 0.15) is 5.75 Å². The number of para-hydroxylation sites is 1. The normalized spacial score (nSPS) is 21.8. The maximum absolute atomic E-state index is 10.5. The average Bonchev–Trinajstić information content (AvgIpc) is 2.73. The van der Waals surface area contributed by atoms with Gasteiger partial charge in [0.2, 0.25) is 0 Å². The molecule has 2 unspecified atom stereocenters. The van der Waals surface area contributed by atoms with Crippen LogP contribution in [-0.2, 0) is 0 Å². The molecular formula is C18H29NO2. The molecular weight excluding hydrogens is 262 g/mol. The van der Waals surface area contributed by atoms with E-state index in [0.29, 0.717) is 6.54 Å². The molecule has 1 N–H and O–H groups in total. The highest BCUT2D eigenvalue weighted by Crippen LogP contribution is 2.27. The van der Waals surface area contributed by atoms with Crippen LogP contribution in [0.5, 0.6) is 5.75 Å². The van der Waals surface area contributed by atoms with E-state index >= 15 is 0 Å². The first-order valence-corrected chi connectivity index (χ1v) is 8.28. The lowest BCUT2D eigenvalue weighted by Gasteiger charge is -2.24. The van der Waals surface area contributed by atoms with Gasteiger partial charge in [-0.1, -0.05) is 38.0 Å². The Labute approximate surface area is 128 Å². The smallest absolute Gasteiger partial charge is 0.124 e. The lowest BCUT2D eigenvalue weighted by molar-refractivity contribution is 0.112. The van der Waals surface area contributed by atoms with Crippen LogP contribution in [-0.4, -0.2) is 36.8 Å². The summed E-state index contributed by atoms with van der Waals surface area (Å²) in [5.74, 6) is 1.66. The molecule has 3 nitrogen and oxygen atoms in total. The molecule has 118 valence electrons. The Morgan fingerprint density at radius 1 is 1.29 bits per heavy atom. The van der Waals surface area contributed by atoms with Crippen LogP contribution in [0.4, 0.5) is 0 Å². The predicted octanol–water partition coefficient (Wildman–Crippen LogP) is 3.63. The minimum Gasteiger partial charge on any atom is -0.496 e. The molecule has 1 saturated heterocycles. The second-order valence-corrected chi connectivity index (χ2v) is 6.14. The summed E-state index contributed by atoms with van der Waals surface area (Å²) >= 11 is 0. The quantitative estimate of drug-likeness (QED) is 0.868. The van der Waals surface area contributed by atoms with Crippen molar-refractivity contribution in [2.45, 2.75) is 45.1 Å². The molecule has 0 aromatic heterocycles. The van der Waals surface area contributed by atoms with Crippen molar-refractivity contribution in [3.63, 3.8) is 0 Å². The van der Waals surface area contributed by atoms with Gasteiger partial charge in [0.15, 0.2) is 0 Å². The zero-order valence-corrected chi connectivity index (χ0v) is 13.4. The summed E-state index contributed by atoms with van der Waals surface area (Å²) in [6.45, 7) is 5.19. The molecule has 3 heteroatoms. The highest BCUT2D eigenvalue weighted by Gasteiger charge is 2.20. The van der Waals surface area contributed by atoms with Gasteiger partial charge in [-0.15, -0.1) is 0 Å². The molecule has 1 heterocycles. The fourth-order valence-corrected chi connectivity index (χ4v) is 3.39. The van der Waals surface area contributed by atoms with Crippen molar-refractivity contribution >= 4 is 0 Å². The van der Waals surface area contributed by atoms with Gasteiger partial charge in [-0.3, -0.25) is 0 Å². The molecule has 0 radical (unpaired) electrons. The van der Waals surface area contributed by atoms with Crippen LogP contribution in [0, 0.1) is 5.92 Å². The number of nitrogens with zero attached hydrogens (tertiary/aromatic N) is 1. The van der Waals surface area contributed by atoms with Crippen molar-refractivity contribution in [1.29, 1.82) is 0 Å². The van der Waals surface area contributed by atoms with E-state index in [2.05, 4.69) is 11.8 Å². The molecule has 0 spiro atoms. The van der Waals surface area contributed by atoms with E-state index in [1.54, 1.807) is 7.11 Å². The summed E-state index contributed by atoms with van der Waals surface area (Å²) in [5, 5.41) is 10.5. The lowest BCUT2D eigenvalue weighted by atomic mass is 9.96. The fraction of sp³-hybridized carbons (Fsp3) is 0.667. The molecule has 1 aliphatic rings. The molecule has 2 atom stereocenters. The largest absolute Gasteiger partial charge is 0.496 e. The standard InChI is InChI=1S/C18H29NO2/c1-3-7-15-8-6-12-19(13-11-15)14-17(20)16-9-4-5-10-18(16)21-2/h4-5,9-10,15,17,20H,3,6-8,11-14H2,1-2H3. The monoisotopic (exact) mass is 291 g/mol. The van der Waals surface area contributed by atoms with Crippen molar-refractivity contribution < 1.29 is 9.84 Å². The first kappa shape index (κ1) is 16.3. The molecule has 1 fully saturated rings. The Hall–Kier alpha value is -1.06. The van der Waals surface area contributed by atoms with Crippen molar-refractivity contribution in [3.8, 4) is 5.75 Å². The van der Waals surface area contributed by atoms with Crippen LogP contribution < -0.4 is 4.74 Å². The van der Waals surface area contributed by atoms with Crippen LogP contribution in [0.3, 0.4) is 0 Å². The Balaban J connectivity index is 1.91. The molecule has 1 aromatic carbocycles. The van der Waals surface area contributed by atoms with E-state index in [-0.39, 0.29) is 0 Å². The van der Waals surface area contributed by atoms with Gasteiger partial charge in [-0.25, -0.2) is 0 Å². The summed E-state index contributed by atoms with van der Waals surface area (Å²) in [4.78, 5) is 2.41. The highest BCUT2D eigenvalue weighted by molar-refractivity contribution is 5.35. The number of ether oxygens (including phenoxy) is 1. The van der Waals surface area contributed by atoms with Crippen LogP contribution in [0.25, 0.3) is 0 Å². The third-order valence-electron chi connectivity index (χ3n) is 4.57. The van der Waals surface area contributed by atoms with Crippen LogP contribution in [0.2, 0.25) is 0 Å². The van der Waals surface area contributed by atoms with E-state index < -0.39 is 6.10 Å². The highest BCUT2D eigenvalue weighted by atomic mass is 16.5. The van der Waals surface area contributed by atoms with Gasteiger partial charge in [0, 0.05) is 12.1 Å². The summed E-state index contributed by atoms with van der Waals surface area (Å²) < 4.78 is 5.35. The molecule has 0 saturated carbocycles. The number of hydrogen-bond acceptors (Lipinski definition) is 3. The second-order valence-electron chi connectivity index (χ2n) is 6.14.